The van der Waals surface area contributed by atoms with Gasteiger partial charge in [-0.2, -0.15) is 0 Å². The van der Waals surface area contributed by atoms with Gasteiger partial charge in [0.2, 0.25) is 0 Å². The third-order valence-corrected chi connectivity index (χ3v) is 5.19. The molecule has 0 aromatic heterocycles. The number of hydrogen-bond acceptors (Lipinski definition) is 3. The summed E-state index contributed by atoms with van der Waals surface area (Å²) in [5, 5.41) is 10.1. The SMILES string of the molecule is O=S1(=O)CCC(O)(Cc2cc(Br)ccc2F)C1. The first-order chi connectivity index (χ1) is 7.80. The molecule has 0 aliphatic carbocycles. The number of halogens is 2. The van der Waals surface area contributed by atoms with Crippen LogP contribution in [0.4, 0.5) is 4.39 Å². The van der Waals surface area contributed by atoms with Crippen molar-refractivity contribution in [1.82, 2.24) is 0 Å². The van der Waals surface area contributed by atoms with E-state index in [2.05, 4.69) is 15.9 Å². The molecule has 1 aliphatic heterocycles. The van der Waals surface area contributed by atoms with Gasteiger partial charge in [0.1, 0.15) is 5.82 Å². The molecular weight excluding hydrogens is 311 g/mol. The highest BCUT2D eigenvalue weighted by atomic mass is 79.9. The lowest BCUT2D eigenvalue weighted by Gasteiger charge is -2.20. The Labute approximate surface area is 108 Å². The molecule has 1 aromatic carbocycles. The fraction of sp³-hybridized carbons (Fsp3) is 0.455. The van der Waals surface area contributed by atoms with Gasteiger partial charge in [-0.15, -0.1) is 0 Å². The Bertz CT molecular complexity index is 544. The standard InChI is InChI=1S/C11H12BrFO3S/c12-9-1-2-10(13)8(5-9)6-11(14)3-4-17(15,16)7-11/h1-2,5,14H,3-4,6-7H2. The Hall–Kier alpha value is -0.460. The molecule has 1 saturated heterocycles. The Morgan fingerprint density at radius 1 is 1.47 bits per heavy atom. The zero-order chi connectivity index (χ0) is 12.7. The number of sulfone groups is 1. The maximum absolute atomic E-state index is 13.5. The van der Waals surface area contributed by atoms with Crippen LogP contribution in [0.15, 0.2) is 22.7 Å². The van der Waals surface area contributed by atoms with E-state index in [-0.39, 0.29) is 24.3 Å². The molecule has 1 heterocycles. The number of benzene rings is 1. The van der Waals surface area contributed by atoms with Gasteiger partial charge < -0.3 is 5.11 Å². The minimum atomic E-state index is -3.18. The summed E-state index contributed by atoms with van der Waals surface area (Å²) in [5.74, 6) is -0.739. The number of aliphatic hydroxyl groups is 1. The summed E-state index contributed by atoms with van der Waals surface area (Å²) in [5.41, 5.74) is -1.00. The van der Waals surface area contributed by atoms with Crippen molar-refractivity contribution in [2.24, 2.45) is 0 Å². The molecule has 0 radical (unpaired) electrons. The van der Waals surface area contributed by atoms with Crippen molar-refractivity contribution in [3.05, 3.63) is 34.1 Å². The maximum atomic E-state index is 13.5. The van der Waals surface area contributed by atoms with E-state index in [1.807, 2.05) is 0 Å². The average Bonchev–Trinajstić information content (AvgIpc) is 2.47. The molecule has 1 fully saturated rings. The third kappa shape index (κ3) is 3.05. The predicted molar refractivity (Wildman–Crippen MR) is 66.0 cm³/mol. The van der Waals surface area contributed by atoms with Crippen LogP contribution in [0, 0.1) is 5.82 Å². The summed E-state index contributed by atoms with van der Waals surface area (Å²) < 4.78 is 36.9. The van der Waals surface area contributed by atoms with Crippen molar-refractivity contribution in [2.45, 2.75) is 18.4 Å². The summed E-state index contributed by atoms with van der Waals surface area (Å²) in [4.78, 5) is 0. The van der Waals surface area contributed by atoms with E-state index in [9.17, 15) is 17.9 Å². The van der Waals surface area contributed by atoms with Gasteiger partial charge in [0.15, 0.2) is 9.84 Å². The molecular formula is C11H12BrFO3S. The molecule has 0 bridgehead atoms. The molecule has 0 saturated carbocycles. The number of hydrogen-bond donors (Lipinski definition) is 1. The van der Waals surface area contributed by atoms with Gasteiger partial charge in [-0.3, -0.25) is 0 Å². The molecule has 1 N–H and O–H groups in total. The van der Waals surface area contributed by atoms with Crippen LogP contribution >= 0.6 is 15.9 Å². The Kier molecular flexibility index (Phi) is 3.31. The van der Waals surface area contributed by atoms with E-state index in [4.69, 9.17) is 0 Å². The van der Waals surface area contributed by atoms with Crippen molar-refractivity contribution < 1.29 is 17.9 Å². The van der Waals surface area contributed by atoms with Crippen LogP contribution in [0.2, 0.25) is 0 Å². The minimum absolute atomic E-state index is 0.0253. The van der Waals surface area contributed by atoms with Gasteiger partial charge in [-0.25, -0.2) is 12.8 Å². The zero-order valence-electron chi connectivity index (χ0n) is 8.99. The Morgan fingerprint density at radius 2 is 2.18 bits per heavy atom. The van der Waals surface area contributed by atoms with Gasteiger partial charge in [0.25, 0.3) is 0 Å². The second-order valence-corrected chi connectivity index (χ2v) is 7.58. The summed E-state index contributed by atoms with van der Waals surface area (Å²) >= 11 is 3.22. The highest BCUT2D eigenvalue weighted by molar-refractivity contribution is 9.10. The lowest BCUT2D eigenvalue weighted by atomic mass is 9.94. The van der Waals surface area contributed by atoms with E-state index in [1.54, 1.807) is 12.1 Å². The molecule has 17 heavy (non-hydrogen) atoms. The lowest BCUT2D eigenvalue weighted by molar-refractivity contribution is 0.0672. The average molecular weight is 323 g/mol. The number of rotatable bonds is 2. The summed E-state index contributed by atoms with van der Waals surface area (Å²) in [6.07, 6.45) is 0.193. The summed E-state index contributed by atoms with van der Waals surface area (Å²) in [6, 6.07) is 4.43. The fourth-order valence-electron chi connectivity index (χ4n) is 2.07. The smallest absolute Gasteiger partial charge is 0.153 e. The van der Waals surface area contributed by atoms with E-state index in [0.29, 0.717) is 10.0 Å². The van der Waals surface area contributed by atoms with Crippen LogP contribution in [0.5, 0.6) is 0 Å². The summed E-state index contributed by atoms with van der Waals surface area (Å²) in [7, 11) is -3.18. The molecule has 1 unspecified atom stereocenters. The van der Waals surface area contributed by atoms with E-state index in [1.165, 1.54) is 6.07 Å². The normalized spacial score (nSPS) is 27.2. The highest BCUT2D eigenvalue weighted by Gasteiger charge is 2.40. The van der Waals surface area contributed by atoms with Crippen LogP contribution in [0.25, 0.3) is 0 Å². The van der Waals surface area contributed by atoms with Crippen molar-refractivity contribution in [2.75, 3.05) is 11.5 Å². The van der Waals surface area contributed by atoms with Gasteiger partial charge >= 0.3 is 0 Å². The fourth-order valence-corrected chi connectivity index (χ4v) is 4.38. The van der Waals surface area contributed by atoms with Crippen molar-refractivity contribution in [3.8, 4) is 0 Å². The monoisotopic (exact) mass is 322 g/mol. The molecule has 0 amide bonds. The highest BCUT2D eigenvalue weighted by Crippen LogP contribution is 2.29. The first kappa shape index (κ1) is 13.0. The molecule has 0 spiro atoms. The lowest BCUT2D eigenvalue weighted by Crippen LogP contribution is -2.33. The van der Waals surface area contributed by atoms with Crippen LogP contribution < -0.4 is 0 Å². The predicted octanol–water partition coefficient (Wildman–Crippen LogP) is 1.68. The Balaban J connectivity index is 2.24. The largest absolute Gasteiger partial charge is 0.388 e. The topological polar surface area (TPSA) is 54.4 Å². The molecule has 6 heteroatoms. The molecule has 1 atom stereocenters. The molecule has 1 aliphatic rings. The zero-order valence-corrected chi connectivity index (χ0v) is 11.4. The van der Waals surface area contributed by atoms with Gasteiger partial charge in [-0.1, -0.05) is 15.9 Å². The van der Waals surface area contributed by atoms with Crippen molar-refractivity contribution >= 4 is 25.8 Å². The Morgan fingerprint density at radius 3 is 2.76 bits per heavy atom. The van der Waals surface area contributed by atoms with Crippen LogP contribution in [0.3, 0.4) is 0 Å². The van der Waals surface area contributed by atoms with Gasteiger partial charge in [0, 0.05) is 10.9 Å². The van der Waals surface area contributed by atoms with E-state index in [0.717, 1.165) is 0 Å². The molecule has 94 valence electrons. The summed E-state index contributed by atoms with van der Waals surface area (Å²) in [6.45, 7) is 0. The molecule has 1 aromatic rings. The van der Waals surface area contributed by atoms with Crippen LogP contribution in [-0.2, 0) is 16.3 Å². The van der Waals surface area contributed by atoms with E-state index >= 15 is 0 Å². The second kappa shape index (κ2) is 4.33. The second-order valence-electron chi connectivity index (χ2n) is 4.48. The van der Waals surface area contributed by atoms with Gasteiger partial charge in [0.05, 0.1) is 17.1 Å². The maximum Gasteiger partial charge on any atom is 0.153 e. The van der Waals surface area contributed by atoms with Gasteiger partial charge in [-0.05, 0) is 30.2 Å². The van der Waals surface area contributed by atoms with Crippen molar-refractivity contribution in [1.29, 1.82) is 0 Å². The minimum Gasteiger partial charge on any atom is -0.388 e. The molecule has 3 nitrogen and oxygen atoms in total. The first-order valence-corrected chi connectivity index (χ1v) is 7.78. The van der Waals surface area contributed by atoms with E-state index < -0.39 is 21.3 Å². The third-order valence-electron chi connectivity index (χ3n) is 2.89. The van der Waals surface area contributed by atoms with Crippen LogP contribution in [-0.4, -0.2) is 30.6 Å². The molecule has 2 rings (SSSR count). The first-order valence-electron chi connectivity index (χ1n) is 5.16. The van der Waals surface area contributed by atoms with Crippen molar-refractivity contribution in [3.63, 3.8) is 0 Å². The quantitative estimate of drug-likeness (QED) is 0.901. The van der Waals surface area contributed by atoms with Crippen LogP contribution in [0.1, 0.15) is 12.0 Å².